The minimum atomic E-state index is 0.646. The van der Waals surface area contributed by atoms with Crippen LogP contribution in [-0.4, -0.2) is 29.0 Å². The lowest BCUT2D eigenvalue weighted by Gasteiger charge is -2.33. The second kappa shape index (κ2) is 5.71. The van der Waals surface area contributed by atoms with Gasteiger partial charge in [-0.15, -0.1) is 0 Å². The zero-order chi connectivity index (χ0) is 11.4. The molecule has 2 nitrogen and oxygen atoms in total. The first-order valence-corrected chi connectivity index (χ1v) is 7.05. The van der Waals surface area contributed by atoms with Crippen LogP contribution in [0.25, 0.3) is 0 Å². The summed E-state index contributed by atoms with van der Waals surface area (Å²) in [4.78, 5) is 2.56. The number of rotatable bonds is 3. The Bertz CT molecular complexity index is 340. The average molecular weight is 236 g/mol. The quantitative estimate of drug-likeness (QED) is 0.871. The Kier molecular flexibility index (Phi) is 4.27. The summed E-state index contributed by atoms with van der Waals surface area (Å²) in [5.41, 5.74) is 8.45. The van der Waals surface area contributed by atoms with Crippen LogP contribution in [0.3, 0.4) is 0 Å². The number of hydrogen-bond acceptors (Lipinski definition) is 3. The molecule has 2 N–H and O–H groups in total. The van der Waals surface area contributed by atoms with Crippen molar-refractivity contribution < 1.29 is 0 Å². The van der Waals surface area contributed by atoms with E-state index in [1.165, 1.54) is 29.2 Å². The molecule has 0 radical (unpaired) electrons. The molecule has 0 saturated carbocycles. The van der Waals surface area contributed by atoms with E-state index in [1.807, 2.05) is 0 Å². The molecule has 0 amide bonds. The highest BCUT2D eigenvalue weighted by Gasteiger charge is 2.19. The normalized spacial score (nSPS) is 22.2. The third-order valence-electron chi connectivity index (χ3n) is 3.22. The maximum absolute atomic E-state index is 5.77. The van der Waals surface area contributed by atoms with Gasteiger partial charge in [-0.1, -0.05) is 24.3 Å². The maximum atomic E-state index is 5.77. The van der Waals surface area contributed by atoms with E-state index in [0.29, 0.717) is 12.6 Å². The van der Waals surface area contributed by atoms with E-state index in [0.717, 1.165) is 6.54 Å². The number of thioether (sulfide) groups is 1. The van der Waals surface area contributed by atoms with E-state index < -0.39 is 0 Å². The second-order valence-corrected chi connectivity index (χ2v) is 5.52. The Morgan fingerprint density at radius 3 is 2.81 bits per heavy atom. The van der Waals surface area contributed by atoms with Crippen molar-refractivity contribution in [1.82, 2.24) is 4.90 Å². The summed E-state index contributed by atoms with van der Waals surface area (Å²) in [7, 11) is 0. The molecule has 0 bridgehead atoms. The predicted molar refractivity (Wildman–Crippen MR) is 71.5 cm³/mol. The summed E-state index contributed by atoms with van der Waals surface area (Å²) in [5.74, 6) is 2.51. The molecular weight excluding hydrogens is 216 g/mol. The van der Waals surface area contributed by atoms with Crippen LogP contribution in [0.15, 0.2) is 24.3 Å². The van der Waals surface area contributed by atoms with Crippen LogP contribution in [0.2, 0.25) is 0 Å². The summed E-state index contributed by atoms with van der Waals surface area (Å²) in [6.07, 6.45) is 0. The van der Waals surface area contributed by atoms with Gasteiger partial charge in [-0.05, 0) is 18.1 Å². The highest BCUT2D eigenvalue weighted by atomic mass is 32.2. The minimum absolute atomic E-state index is 0.646. The molecule has 1 aliphatic rings. The topological polar surface area (TPSA) is 29.3 Å². The van der Waals surface area contributed by atoms with E-state index in [-0.39, 0.29) is 0 Å². The molecule has 1 aliphatic heterocycles. The van der Waals surface area contributed by atoms with E-state index in [2.05, 4.69) is 47.9 Å². The standard InChI is InChI=1S/C13H20N2S/c1-11-10-16-7-6-15(11)9-13-5-3-2-4-12(13)8-14/h2-5,11H,6-10,14H2,1H3. The fourth-order valence-corrected chi connectivity index (χ4v) is 3.21. The minimum Gasteiger partial charge on any atom is -0.326 e. The number of hydrogen-bond donors (Lipinski definition) is 1. The molecule has 1 aromatic rings. The summed E-state index contributed by atoms with van der Waals surface area (Å²) in [5, 5.41) is 0. The van der Waals surface area contributed by atoms with Crippen molar-refractivity contribution >= 4 is 11.8 Å². The highest BCUT2D eigenvalue weighted by Crippen LogP contribution is 2.19. The van der Waals surface area contributed by atoms with Crippen molar-refractivity contribution in [2.45, 2.75) is 26.1 Å². The van der Waals surface area contributed by atoms with Crippen LogP contribution < -0.4 is 5.73 Å². The summed E-state index contributed by atoms with van der Waals surface area (Å²) in [6, 6.07) is 9.21. The highest BCUT2D eigenvalue weighted by molar-refractivity contribution is 7.99. The third kappa shape index (κ3) is 2.78. The molecule has 1 heterocycles. The first-order valence-electron chi connectivity index (χ1n) is 5.90. The van der Waals surface area contributed by atoms with E-state index in [9.17, 15) is 0 Å². The van der Waals surface area contributed by atoms with E-state index >= 15 is 0 Å². The van der Waals surface area contributed by atoms with Crippen molar-refractivity contribution in [1.29, 1.82) is 0 Å². The third-order valence-corrected chi connectivity index (χ3v) is 4.41. The number of nitrogens with zero attached hydrogens (tertiary/aromatic N) is 1. The molecule has 0 aromatic heterocycles. The lowest BCUT2D eigenvalue weighted by atomic mass is 10.1. The van der Waals surface area contributed by atoms with E-state index in [4.69, 9.17) is 5.73 Å². The molecule has 3 heteroatoms. The molecule has 2 rings (SSSR count). The summed E-state index contributed by atoms with van der Waals surface area (Å²) in [6.45, 7) is 5.21. The SMILES string of the molecule is CC1CSCCN1Cc1ccccc1CN. The Balaban J connectivity index is 2.07. The molecule has 88 valence electrons. The summed E-state index contributed by atoms with van der Waals surface area (Å²) < 4.78 is 0. The molecule has 1 unspecified atom stereocenters. The molecular formula is C13H20N2S. The summed E-state index contributed by atoms with van der Waals surface area (Å²) >= 11 is 2.06. The van der Waals surface area contributed by atoms with Crippen molar-refractivity contribution in [3.8, 4) is 0 Å². The van der Waals surface area contributed by atoms with Gasteiger partial charge in [0, 0.05) is 37.2 Å². The zero-order valence-electron chi connectivity index (χ0n) is 9.86. The van der Waals surface area contributed by atoms with Gasteiger partial charge in [-0.2, -0.15) is 11.8 Å². The molecule has 0 spiro atoms. The Morgan fingerprint density at radius 1 is 1.38 bits per heavy atom. The monoisotopic (exact) mass is 236 g/mol. The van der Waals surface area contributed by atoms with Gasteiger partial charge in [0.2, 0.25) is 0 Å². The fourth-order valence-electron chi connectivity index (χ4n) is 2.13. The van der Waals surface area contributed by atoms with Crippen molar-refractivity contribution in [3.05, 3.63) is 35.4 Å². The van der Waals surface area contributed by atoms with Gasteiger partial charge >= 0.3 is 0 Å². The van der Waals surface area contributed by atoms with Crippen LogP contribution >= 0.6 is 11.8 Å². The first-order chi connectivity index (χ1) is 7.81. The van der Waals surface area contributed by atoms with Gasteiger partial charge < -0.3 is 5.73 Å². The molecule has 1 fully saturated rings. The van der Waals surface area contributed by atoms with Crippen molar-refractivity contribution in [3.63, 3.8) is 0 Å². The smallest absolute Gasteiger partial charge is 0.0240 e. The van der Waals surface area contributed by atoms with Gasteiger partial charge in [0.25, 0.3) is 0 Å². The lowest BCUT2D eigenvalue weighted by Crippen LogP contribution is -2.39. The fraction of sp³-hybridized carbons (Fsp3) is 0.538. The van der Waals surface area contributed by atoms with Gasteiger partial charge in [-0.3, -0.25) is 4.90 Å². The average Bonchev–Trinajstić information content (AvgIpc) is 2.33. The molecule has 0 aliphatic carbocycles. The Labute approximate surface area is 102 Å². The molecule has 1 saturated heterocycles. The van der Waals surface area contributed by atoms with Crippen LogP contribution in [0.5, 0.6) is 0 Å². The van der Waals surface area contributed by atoms with Gasteiger partial charge in [-0.25, -0.2) is 0 Å². The van der Waals surface area contributed by atoms with E-state index in [1.54, 1.807) is 0 Å². The predicted octanol–water partition coefficient (Wildman–Crippen LogP) is 2.08. The van der Waals surface area contributed by atoms with Crippen LogP contribution in [0, 0.1) is 0 Å². The molecule has 16 heavy (non-hydrogen) atoms. The molecule has 1 aromatic carbocycles. The van der Waals surface area contributed by atoms with Crippen molar-refractivity contribution in [2.75, 3.05) is 18.1 Å². The van der Waals surface area contributed by atoms with Crippen LogP contribution in [0.4, 0.5) is 0 Å². The zero-order valence-corrected chi connectivity index (χ0v) is 10.7. The van der Waals surface area contributed by atoms with Crippen LogP contribution in [0.1, 0.15) is 18.1 Å². The molecule has 1 atom stereocenters. The second-order valence-electron chi connectivity index (χ2n) is 4.37. The van der Waals surface area contributed by atoms with Gasteiger partial charge in [0.05, 0.1) is 0 Å². The van der Waals surface area contributed by atoms with Crippen LogP contribution in [-0.2, 0) is 13.1 Å². The number of nitrogens with two attached hydrogens (primary N) is 1. The largest absolute Gasteiger partial charge is 0.326 e. The first kappa shape index (κ1) is 12.0. The van der Waals surface area contributed by atoms with Crippen molar-refractivity contribution in [2.24, 2.45) is 5.73 Å². The Morgan fingerprint density at radius 2 is 2.12 bits per heavy atom. The number of benzene rings is 1. The van der Waals surface area contributed by atoms with Gasteiger partial charge in [0.15, 0.2) is 0 Å². The van der Waals surface area contributed by atoms with Gasteiger partial charge in [0.1, 0.15) is 0 Å². The lowest BCUT2D eigenvalue weighted by molar-refractivity contribution is 0.223. The maximum Gasteiger partial charge on any atom is 0.0240 e. The Hall–Kier alpha value is -0.510.